The zero-order valence-corrected chi connectivity index (χ0v) is 33.2. The van der Waals surface area contributed by atoms with E-state index >= 15 is 0 Å². The van der Waals surface area contributed by atoms with Crippen molar-refractivity contribution in [1.29, 1.82) is 0 Å². The third-order valence-electron chi connectivity index (χ3n) is 9.38. The molecule has 1 N–H and O–H groups in total. The molecular weight excluding hydrogens is 620 g/mol. The van der Waals surface area contributed by atoms with Gasteiger partial charge in [-0.05, 0) is 44.9 Å². The van der Waals surface area contributed by atoms with Gasteiger partial charge in [0.15, 0.2) is 0 Å². The number of carbonyl (C=O) groups excluding carboxylic acids is 2. The van der Waals surface area contributed by atoms with Crippen LogP contribution in [-0.2, 0) is 19.1 Å². The first kappa shape index (κ1) is 48.1. The molecule has 5 heteroatoms. The van der Waals surface area contributed by atoms with Crippen LogP contribution in [0.4, 0.5) is 0 Å². The number of allylic oxidation sites excluding steroid dienone is 6. The molecule has 0 saturated heterocycles. The Morgan fingerprint density at radius 2 is 0.720 bits per heavy atom. The lowest BCUT2D eigenvalue weighted by Gasteiger charge is -2.12. The molecule has 0 aromatic carbocycles. The smallest absolute Gasteiger partial charge is 0.305 e. The van der Waals surface area contributed by atoms with Crippen LogP contribution >= 0.6 is 0 Å². The van der Waals surface area contributed by atoms with E-state index in [-0.39, 0.29) is 25.2 Å². The minimum absolute atomic E-state index is 0.129. The number of esters is 2. The van der Waals surface area contributed by atoms with Gasteiger partial charge >= 0.3 is 11.9 Å². The molecule has 0 radical (unpaired) electrons. The summed E-state index contributed by atoms with van der Waals surface area (Å²) in [5.41, 5.74) is 0. The lowest BCUT2D eigenvalue weighted by atomic mass is 10.0. The van der Waals surface area contributed by atoms with Crippen molar-refractivity contribution in [1.82, 2.24) is 0 Å². The Labute approximate surface area is 310 Å². The van der Waals surface area contributed by atoms with Gasteiger partial charge in [-0.1, -0.05) is 198 Å². The minimum atomic E-state index is -0.981. The van der Waals surface area contributed by atoms with Crippen molar-refractivity contribution in [2.24, 2.45) is 0 Å². The summed E-state index contributed by atoms with van der Waals surface area (Å²) in [7, 11) is 0. The average molecular weight is 703 g/mol. The third-order valence-corrected chi connectivity index (χ3v) is 9.38. The topological polar surface area (TPSA) is 72.8 Å². The Balaban J connectivity index is 3.47. The van der Waals surface area contributed by atoms with Crippen molar-refractivity contribution >= 4 is 11.9 Å². The van der Waals surface area contributed by atoms with Gasteiger partial charge in [0, 0.05) is 12.8 Å². The van der Waals surface area contributed by atoms with E-state index in [9.17, 15) is 14.7 Å². The Morgan fingerprint density at radius 3 is 1.12 bits per heavy atom. The first-order valence-corrected chi connectivity index (χ1v) is 21.5. The fraction of sp³-hybridized carbons (Fsp3) is 0.822. The van der Waals surface area contributed by atoms with Crippen LogP contribution in [-0.4, -0.2) is 36.4 Å². The highest BCUT2D eigenvalue weighted by Crippen LogP contribution is 2.15. The van der Waals surface area contributed by atoms with Crippen LogP contribution < -0.4 is 0 Å². The molecular formula is C45H82O5. The van der Waals surface area contributed by atoms with Gasteiger partial charge in [-0.25, -0.2) is 0 Å². The Bertz CT molecular complexity index is 801. The number of hydrogen-bond donors (Lipinski definition) is 1. The highest BCUT2D eigenvalue weighted by molar-refractivity contribution is 5.69. The summed E-state index contributed by atoms with van der Waals surface area (Å²) < 4.78 is 10.3. The third kappa shape index (κ3) is 40.5. The van der Waals surface area contributed by atoms with Crippen molar-refractivity contribution in [3.8, 4) is 0 Å². The Morgan fingerprint density at radius 1 is 0.420 bits per heavy atom. The lowest BCUT2D eigenvalue weighted by Crippen LogP contribution is -2.25. The number of ether oxygens (including phenoxy) is 2. The normalized spacial score (nSPS) is 12.5. The van der Waals surface area contributed by atoms with Gasteiger partial charge in [0.05, 0.1) is 0 Å². The van der Waals surface area contributed by atoms with E-state index in [1.807, 2.05) is 0 Å². The minimum Gasteiger partial charge on any atom is -0.463 e. The highest BCUT2D eigenvalue weighted by atomic mass is 16.6. The van der Waals surface area contributed by atoms with Gasteiger partial charge in [0.25, 0.3) is 0 Å². The van der Waals surface area contributed by atoms with Crippen LogP contribution in [0.15, 0.2) is 36.5 Å². The first-order chi connectivity index (χ1) is 24.6. The molecule has 0 unspecified atom stereocenters. The summed E-state index contributed by atoms with van der Waals surface area (Å²) in [6.07, 6.45) is 50.7. The van der Waals surface area contributed by atoms with Crippen molar-refractivity contribution in [3.05, 3.63) is 36.5 Å². The maximum absolute atomic E-state index is 12.0. The van der Waals surface area contributed by atoms with Crippen LogP contribution in [0.3, 0.4) is 0 Å². The Hall–Kier alpha value is -1.88. The standard InChI is InChI=1S/C45H82O5/c1-3-5-7-9-11-13-15-17-19-21-22-24-26-28-30-32-34-36-38-40-45(48)50-42-43(46)41-49-44(47)39-37-35-33-31-29-27-25-23-20-18-16-14-12-10-8-6-4-2/h18,20,25,27,31,33,43,46H,3-17,19,21-24,26,28-30,32,34-42H2,1-2H3/b20-18-,27-25-,33-31-/t43-/m0/s1. The molecule has 0 spiro atoms. The van der Waals surface area contributed by atoms with E-state index < -0.39 is 6.10 Å². The second kappa shape index (κ2) is 41.5. The van der Waals surface area contributed by atoms with Crippen LogP contribution in [0.1, 0.15) is 219 Å². The molecule has 50 heavy (non-hydrogen) atoms. The first-order valence-electron chi connectivity index (χ1n) is 21.5. The van der Waals surface area contributed by atoms with E-state index in [0.717, 1.165) is 38.5 Å². The van der Waals surface area contributed by atoms with Gasteiger partial charge < -0.3 is 14.6 Å². The maximum atomic E-state index is 12.0. The molecule has 0 saturated carbocycles. The van der Waals surface area contributed by atoms with E-state index in [0.29, 0.717) is 19.3 Å². The average Bonchev–Trinajstić information content (AvgIpc) is 3.12. The van der Waals surface area contributed by atoms with Crippen LogP contribution in [0, 0.1) is 0 Å². The number of rotatable bonds is 39. The van der Waals surface area contributed by atoms with Crippen molar-refractivity contribution in [2.75, 3.05) is 13.2 Å². The quantitative estimate of drug-likeness (QED) is 0.0392. The highest BCUT2D eigenvalue weighted by Gasteiger charge is 2.12. The summed E-state index contributed by atoms with van der Waals surface area (Å²) >= 11 is 0. The zero-order valence-electron chi connectivity index (χ0n) is 33.2. The molecule has 0 aliphatic heterocycles. The second-order valence-corrected chi connectivity index (χ2v) is 14.5. The van der Waals surface area contributed by atoms with E-state index in [2.05, 4.69) is 50.3 Å². The molecule has 5 nitrogen and oxygen atoms in total. The molecule has 0 aliphatic carbocycles. The van der Waals surface area contributed by atoms with E-state index in [1.165, 1.54) is 148 Å². The summed E-state index contributed by atoms with van der Waals surface area (Å²) in [6, 6.07) is 0. The summed E-state index contributed by atoms with van der Waals surface area (Å²) in [4.78, 5) is 24.0. The van der Waals surface area contributed by atoms with Crippen LogP contribution in [0.5, 0.6) is 0 Å². The van der Waals surface area contributed by atoms with Gasteiger partial charge in [-0.15, -0.1) is 0 Å². The van der Waals surface area contributed by atoms with Gasteiger partial charge in [0.1, 0.15) is 19.3 Å². The van der Waals surface area contributed by atoms with E-state index in [1.54, 1.807) is 0 Å². The number of aliphatic hydroxyl groups is 1. The molecule has 0 bridgehead atoms. The van der Waals surface area contributed by atoms with Gasteiger partial charge in [-0.3, -0.25) is 9.59 Å². The van der Waals surface area contributed by atoms with E-state index in [4.69, 9.17) is 9.47 Å². The second-order valence-electron chi connectivity index (χ2n) is 14.5. The van der Waals surface area contributed by atoms with Gasteiger partial charge in [-0.2, -0.15) is 0 Å². The van der Waals surface area contributed by atoms with Crippen LogP contribution in [0.25, 0.3) is 0 Å². The number of aliphatic hydroxyl groups excluding tert-OH is 1. The summed E-state index contributed by atoms with van der Waals surface area (Å²) in [5, 5.41) is 10.0. The summed E-state index contributed by atoms with van der Waals surface area (Å²) in [6.45, 7) is 4.27. The summed E-state index contributed by atoms with van der Waals surface area (Å²) in [5.74, 6) is -0.616. The molecule has 0 rings (SSSR count). The fourth-order valence-electron chi connectivity index (χ4n) is 6.10. The molecule has 292 valence electrons. The predicted molar refractivity (Wildman–Crippen MR) is 214 cm³/mol. The van der Waals surface area contributed by atoms with Crippen molar-refractivity contribution < 1.29 is 24.2 Å². The number of carbonyl (C=O) groups is 2. The number of hydrogen-bond acceptors (Lipinski definition) is 5. The number of unbranched alkanes of at least 4 members (excludes halogenated alkanes) is 25. The molecule has 0 heterocycles. The molecule has 0 aromatic rings. The van der Waals surface area contributed by atoms with Crippen molar-refractivity contribution in [2.45, 2.75) is 225 Å². The monoisotopic (exact) mass is 703 g/mol. The van der Waals surface area contributed by atoms with Crippen molar-refractivity contribution in [3.63, 3.8) is 0 Å². The molecule has 1 atom stereocenters. The molecule has 0 aromatic heterocycles. The molecule has 0 aliphatic rings. The largest absolute Gasteiger partial charge is 0.463 e. The Kier molecular flexibility index (Phi) is 40.0. The van der Waals surface area contributed by atoms with Gasteiger partial charge in [0.2, 0.25) is 0 Å². The lowest BCUT2D eigenvalue weighted by molar-refractivity contribution is -0.152. The van der Waals surface area contributed by atoms with Crippen LogP contribution in [0.2, 0.25) is 0 Å². The predicted octanol–water partition coefficient (Wildman–Crippen LogP) is 13.6. The zero-order chi connectivity index (χ0) is 36.4. The fourth-order valence-corrected chi connectivity index (χ4v) is 6.10. The molecule has 0 fully saturated rings. The molecule has 0 amide bonds. The SMILES string of the molecule is CCCCCCCC/C=C\C/C=C\C/C=C\CCCC(=O)OC[C@H](O)COC(=O)CCCCCCCCCCCCCCCCCCCCC. The maximum Gasteiger partial charge on any atom is 0.305 e.